The first-order valence-electron chi connectivity index (χ1n) is 8.92. The number of benzene rings is 3. The number of hydrogen-bond acceptors (Lipinski definition) is 0. The molecule has 3 aromatic carbocycles. The fraction of sp³-hybridized carbons (Fsp3) is 0.333. The Morgan fingerprint density at radius 1 is 0.750 bits per heavy atom. The zero-order valence-corrected chi connectivity index (χ0v) is 15.8. The van der Waals surface area contributed by atoms with E-state index in [1.54, 1.807) is 0 Å². The second kappa shape index (κ2) is 6.09. The molecule has 0 saturated heterocycles. The zero-order valence-electron chi connectivity index (χ0n) is 15.8. The Kier molecular flexibility index (Phi) is 4.25. The van der Waals surface area contributed by atoms with Gasteiger partial charge in [-0.2, -0.15) is 0 Å². The summed E-state index contributed by atoms with van der Waals surface area (Å²) in [5, 5.41) is 2.64. The van der Waals surface area contributed by atoms with Crippen LogP contribution in [0.3, 0.4) is 0 Å². The van der Waals surface area contributed by atoms with Gasteiger partial charge in [0.1, 0.15) is 0 Å². The highest BCUT2D eigenvalue weighted by molar-refractivity contribution is 5.84. The molecule has 0 spiro atoms. The zero-order chi connectivity index (χ0) is 17.5. The van der Waals surface area contributed by atoms with E-state index in [4.69, 9.17) is 0 Å². The Hall–Kier alpha value is -2.08. The van der Waals surface area contributed by atoms with Crippen LogP contribution in [-0.2, 0) is 5.41 Å². The van der Waals surface area contributed by atoms with Gasteiger partial charge in [0.2, 0.25) is 0 Å². The topological polar surface area (TPSA) is 0 Å². The van der Waals surface area contributed by atoms with Gasteiger partial charge in [0.05, 0.1) is 0 Å². The van der Waals surface area contributed by atoms with Gasteiger partial charge in [-0.3, -0.25) is 0 Å². The minimum Gasteiger partial charge on any atom is -0.0617 e. The highest BCUT2D eigenvalue weighted by Gasteiger charge is 2.27. The van der Waals surface area contributed by atoms with Gasteiger partial charge >= 0.3 is 0 Å². The Labute approximate surface area is 146 Å². The maximum atomic E-state index is 2.38. The standard InChI is InChI=1S/C24H28/c1-16(2)21-12-9-13-22(18(21)4)24(5,6)23-15-20-11-8-7-10-19(20)14-17(23)3/h7-16H,1-6H3. The summed E-state index contributed by atoms with van der Waals surface area (Å²) in [5.74, 6) is 0.554. The Morgan fingerprint density at radius 3 is 2.00 bits per heavy atom. The van der Waals surface area contributed by atoms with Gasteiger partial charge in [0.15, 0.2) is 0 Å². The van der Waals surface area contributed by atoms with Gasteiger partial charge in [-0.25, -0.2) is 0 Å². The van der Waals surface area contributed by atoms with Crippen LogP contribution in [0, 0.1) is 13.8 Å². The molecule has 3 rings (SSSR count). The van der Waals surface area contributed by atoms with Crippen molar-refractivity contribution in [1.82, 2.24) is 0 Å². The number of rotatable bonds is 3. The van der Waals surface area contributed by atoms with E-state index >= 15 is 0 Å². The summed E-state index contributed by atoms with van der Waals surface area (Å²) in [6.45, 7) is 13.8. The van der Waals surface area contributed by atoms with Crippen molar-refractivity contribution in [3.63, 3.8) is 0 Å². The van der Waals surface area contributed by atoms with E-state index in [1.807, 2.05) is 0 Å². The van der Waals surface area contributed by atoms with Gasteiger partial charge in [0, 0.05) is 5.41 Å². The largest absolute Gasteiger partial charge is 0.0617 e. The van der Waals surface area contributed by atoms with Crippen LogP contribution in [0.4, 0.5) is 0 Å². The van der Waals surface area contributed by atoms with Crippen LogP contribution < -0.4 is 0 Å². The molecule has 0 aliphatic rings. The first-order chi connectivity index (χ1) is 11.3. The van der Waals surface area contributed by atoms with Crippen LogP contribution in [0.5, 0.6) is 0 Å². The molecule has 24 heavy (non-hydrogen) atoms. The molecule has 0 aliphatic carbocycles. The van der Waals surface area contributed by atoms with Crippen LogP contribution >= 0.6 is 0 Å². The van der Waals surface area contributed by atoms with Crippen molar-refractivity contribution in [2.45, 2.75) is 52.9 Å². The summed E-state index contributed by atoms with van der Waals surface area (Å²) in [6.07, 6.45) is 0. The molecule has 0 N–H and O–H groups in total. The summed E-state index contributed by atoms with van der Waals surface area (Å²) in [4.78, 5) is 0. The lowest BCUT2D eigenvalue weighted by Crippen LogP contribution is -2.22. The van der Waals surface area contributed by atoms with Crippen LogP contribution in [0.1, 0.15) is 61.4 Å². The normalized spacial score (nSPS) is 12.1. The van der Waals surface area contributed by atoms with E-state index in [2.05, 4.69) is 96.1 Å². The molecule has 0 bridgehead atoms. The van der Waals surface area contributed by atoms with Crippen LogP contribution in [0.2, 0.25) is 0 Å². The second-order valence-electron chi connectivity index (χ2n) is 7.81. The van der Waals surface area contributed by atoms with Crippen molar-refractivity contribution in [2.24, 2.45) is 0 Å². The van der Waals surface area contributed by atoms with Crippen molar-refractivity contribution in [3.05, 3.63) is 82.4 Å². The first-order valence-corrected chi connectivity index (χ1v) is 8.92. The fourth-order valence-corrected chi connectivity index (χ4v) is 4.13. The average molecular weight is 316 g/mol. The quantitative estimate of drug-likeness (QED) is 0.492. The number of hydrogen-bond donors (Lipinski definition) is 0. The molecule has 0 nitrogen and oxygen atoms in total. The van der Waals surface area contributed by atoms with Crippen LogP contribution in [-0.4, -0.2) is 0 Å². The molecule has 0 aromatic heterocycles. The molecule has 0 radical (unpaired) electrons. The molecule has 124 valence electrons. The van der Waals surface area contributed by atoms with Crippen molar-refractivity contribution in [3.8, 4) is 0 Å². The average Bonchev–Trinajstić information content (AvgIpc) is 2.53. The Balaban J connectivity index is 2.21. The molecule has 3 aromatic rings. The highest BCUT2D eigenvalue weighted by Crippen LogP contribution is 2.38. The molecule has 0 heteroatoms. The summed E-state index contributed by atoms with van der Waals surface area (Å²) >= 11 is 0. The third kappa shape index (κ3) is 2.75. The van der Waals surface area contributed by atoms with Crippen LogP contribution in [0.25, 0.3) is 10.8 Å². The predicted molar refractivity (Wildman–Crippen MR) is 106 cm³/mol. The molecule has 0 unspecified atom stereocenters. The van der Waals surface area contributed by atoms with E-state index in [1.165, 1.54) is 38.6 Å². The molecule has 0 heterocycles. The van der Waals surface area contributed by atoms with Gasteiger partial charge in [-0.05, 0) is 58.4 Å². The van der Waals surface area contributed by atoms with Crippen LogP contribution in [0.15, 0.2) is 54.6 Å². The molecule has 0 atom stereocenters. The van der Waals surface area contributed by atoms with Gasteiger partial charge in [-0.1, -0.05) is 82.3 Å². The Bertz CT molecular complexity index is 882. The van der Waals surface area contributed by atoms with E-state index in [0.29, 0.717) is 5.92 Å². The van der Waals surface area contributed by atoms with E-state index in [0.717, 1.165) is 0 Å². The van der Waals surface area contributed by atoms with Crippen molar-refractivity contribution in [1.29, 1.82) is 0 Å². The molecule has 0 amide bonds. The van der Waals surface area contributed by atoms with Gasteiger partial charge < -0.3 is 0 Å². The summed E-state index contributed by atoms with van der Waals surface area (Å²) in [5.41, 5.74) is 7.11. The summed E-state index contributed by atoms with van der Waals surface area (Å²) < 4.78 is 0. The molecular weight excluding hydrogens is 288 g/mol. The smallest absolute Gasteiger partial charge is 0.0152 e. The lowest BCUT2D eigenvalue weighted by molar-refractivity contribution is 0.629. The maximum Gasteiger partial charge on any atom is 0.0152 e. The van der Waals surface area contributed by atoms with Gasteiger partial charge in [0.25, 0.3) is 0 Å². The number of aryl methyl sites for hydroxylation is 1. The van der Waals surface area contributed by atoms with Gasteiger partial charge in [-0.15, -0.1) is 0 Å². The molecular formula is C24H28. The third-order valence-corrected chi connectivity index (χ3v) is 5.44. The summed E-state index contributed by atoms with van der Waals surface area (Å²) in [6, 6.07) is 20.1. The minimum atomic E-state index is -0.0108. The second-order valence-corrected chi connectivity index (χ2v) is 7.81. The maximum absolute atomic E-state index is 2.38. The lowest BCUT2D eigenvalue weighted by Gasteiger charge is -2.31. The fourth-order valence-electron chi connectivity index (χ4n) is 4.13. The monoisotopic (exact) mass is 316 g/mol. The molecule has 0 saturated carbocycles. The third-order valence-electron chi connectivity index (χ3n) is 5.44. The van der Waals surface area contributed by atoms with E-state index < -0.39 is 0 Å². The van der Waals surface area contributed by atoms with Crippen molar-refractivity contribution >= 4 is 10.8 Å². The van der Waals surface area contributed by atoms with Crippen molar-refractivity contribution < 1.29 is 0 Å². The lowest BCUT2D eigenvalue weighted by atomic mass is 9.73. The van der Waals surface area contributed by atoms with Crippen molar-refractivity contribution in [2.75, 3.05) is 0 Å². The SMILES string of the molecule is Cc1cc2ccccc2cc1C(C)(C)c1cccc(C(C)C)c1C. The molecule has 0 aliphatic heterocycles. The predicted octanol–water partition coefficient (Wildman–Crippen LogP) is 6.91. The first kappa shape index (κ1) is 16.8. The van der Waals surface area contributed by atoms with E-state index in [-0.39, 0.29) is 5.41 Å². The van der Waals surface area contributed by atoms with E-state index in [9.17, 15) is 0 Å². The Morgan fingerprint density at radius 2 is 1.38 bits per heavy atom. The summed E-state index contributed by atoms with van der Waals surface area (Å²) in [7, 11) is 0. The minimum absolute atomic E-state index is 0.0108. The number of fused-ring (bicyclic) bond motifs is 1. The molecule has 0 fully saturated rings. The highest BCUT2D eigenvalue weighted by atomic mass is 14.3.